The second-order valence-electron chi connectivity index (χ2n) is 4.97. The topological polar surface area (TPSA) is 97.8 Å². The third-order valence-electron chi connectivity index (χ3n) is 3.17. The van der Waals surface area contributed by atoms with Gasteiger partial charge in [0.1, 0.15) is 23.6 Å². The zero-order valence-corrected chi connectivity index (χ0v) is 14.1. The van der Waals surface area contributed by atoms with Crippen molar-refractivity contribution in [3.8, 4) is 11.8 Å². The van der Waals surface area contributed by atoms with Crippen LogP contribution in [0, 0.1) is 5.82 Å². The maximum atomic E-state index is 13.0. The predicted molar refractivity (Wildman–Crippen MR) is 88.7 cm³/mol. The van der Waals surface area contributed by atoms with E-state index in [2.05, 4.69) is 30.5 Å². The van der Waals surface area contributed by atoms with E-state index in [-0.39, 0.29) is 11.2 Å². The van der Waals surface area contributed by atoms with Crippen molar-refractivity contribution < 1.29 is 13.9 Å². The summed E-state index contributed by atoms with van der Waals surface area (Å²) in [4.78, 5) is 12.1. The molecule has 0 spiro atoms. The van der Waals surface area contributed by atoms with Gasteiger partial charge >= 0.3 is 0 Å². The molecule has 0 aromatic carbocycles. The summed E-state index contributed by atoms with van der Waals surface area (Å²) in [6.07, 6.45) is 0.674. The fourth-order valence-corrected chi connectivity index (χ4v) is 2.17. The van der Waals surface area contributed by atoms with E-state index < -0.39 is 11.9 Å². The van der Waals surface area contributed by atoms with Crippen molar-refractivity contribution in [2.45, 2.75) is 13.0 Å². The highest BCUT2D eigenvalue weighted by atomic mass is 35.5. The second kappa shape index (κ2) is 7.31. The first kappa shape index (κ1) is 16.9. The van der Waals surface area contributed by atoms with Gasteiger partial charge in [0, 0.05) is 12.1 Å². The molecule has 1 unspecified atom stereocenters. The standard InChI is InChI=1S/C15H14ClFN6O2/c1-8(10-4-3-9(17)7-18-10)25-13-5-11(20-15(16)21-13)19-12-6-14(24-2)23-22-12/h3-8H,1-2H3,(H2,19,20,21,22,23). The molecule has 3 aromatic rings. The summed E-state index contributed by atoms with van der Waals surface area (Å²) in [7, 11) is 1.51. The van der Waals surface area contributed by atoms with Gasteiger partial charge in [-0.25, -0.2) is 9.37 Å². The Bertz CT molecular complexity index is 857. The van der Waals surface area contributed by atoms with Gasteiger partial charge in [-0.3, -0.25) is 10.1 Å². The van der Waals surface area contributed by atoms with Crippen molar-refractivity contribution >= 4 is 23.2 Å². The van der Waals surface area contributed by atoms with Gasteiger partial charge in [-0.1, -0.05) is 0 Å². The molecule has 3 aromatic heterocycles. The molecule has 1 atom stereocenters. The minimum absolute atomic E-state index is 0.00532. The first-order valence-corrected chi connectivity index (χ1v) is 7.60. The lowest BCUT2D eigenvalue weighted by Crippen LogP contribution is -2.07. The van der Waals surface area contributed by atoms with E-state index in [4.69, 9.17) is 21.1 Å². The van der Waals surface area contributed by atoms with Crippen LogP contribution < -0.4 is 14.8 Å². The average Bonchev–Trinajstić information content (AvgIpc) is 3.02. The third-order valence-corrected chi connectivity index (χ3v) is 3.33. The molecule has 25 heavy (non-hydrogen) atoms. The summed E-state index contributed by atoms with van der Waals surface area (Å²) in [6, 6.07) is 6.08. The van der Waals surface area contributed by atoms with Crippen LogP contribution in [0.4, 0.5) is 16.0 Å². The summed E-state index contributed by atoms with van der Waals surface area (Å²) in [5.41, 5.74) is 0.559. The van der Waals surface area contributed by atoms with Gasteiger partial charge < -0.3 is 14.8 Å². The molecule has 8 nitrogen and oxygen atoms in total. The molecule has 3 heterocycles. The molecular weight excluding hydrogens is 351 g/mol. The molecule has 10 heteroatoms. The number of H-pyrrole nitrogens is 1. The third kappa shape index (κ3) is 4.32. The zero-order valence-electron chi connectivity index (χ0n) is 13.3. The number of halogens is 2. The molecule has 0 amide bonds. The van der Waals surface area contributed by atoms with Crippen LogP contribution >= 0.6 is 11.6 Å². The quantitative estimate of drug-likeness (QED) is 0.647. The maximum absolute atomic E-state index is 13.0. The largest absolute Gasteiger partial charge is 0.480 e. The Hall–Kier alpha value is -2.94. The van der Waals surface area contributed by atoms with Crippen molar-refractivity contribution in [1.82, 2.24) is 25.1 Å². The van der Waals surface area contributed by atoms with Gasteiger partial charge in [0.2, 0.25) is 17.0 Å². The van der Waals surface area contributed by atoms with Crippen molar-refractivity contribution in [3.63, 3.8) is 0 Å². The summed E-state index contributed by atoms with van der Waals surface area (Å²) in [6.45, 7) is 1.77. The fraction of sp³-hybridized carbons (Fsp3) is 0.200. The number of anilines is 2. The monoisotopic (exact) mass is 364 g/mol. The highest BCUT2D eigenvalue weighted by Crippen LogP contribution is 2.24. The molecule has 0 aliphatic carbocycles. The Morgan fingerprint density at radius 3 is 2.76 bits per heavy atom. The lowest BCUT2D eigenvalue weighted by Gasteiger charge is -2.14. The highest BCUT2D eigenvalue weighted by molar-refractivity contribution is 6.28. The van der Waals surface area contributed by atoms with Gasteiger partial charge in [-0.15, -0.1) is 5.10 Å². The molecule has 0 bridgehead atoms. The molecule has 0 aliphatic rings. The van der Waals surface area contributed by atoms with Crippen LogP contribution in [0.3, 0.4) is 0 Å². The summed E-state index contributed by atoms with van der Waals surface area (Å²) in [5, 5.41) is 9.64. The van der Waals surface area contributed by atoms with Crippen LogP contribution in [-0.2, 0) is 0 Å². The van der Waals surface area contributed by atoms with E-state index >= 15 is 0 Å². The average molecular weight is 365 g/mol. The molecular formula is C15H14ClFN6O2. The van der Waals surface area contributed by atoms with Crippen molar-refractivity contribution in [2.24, 2.45) is 0 Å². The normalized spacial score (nSPS) is 11.8. The number of hydrogen-bond acceptors (Lipinski definition) is 7. The smallest absolute Gasteiger partial charge is 0.234 e. The van der Waals surface area contributed by atoms with E-state index in [1.807, 2.05) is 0 Å². The minimum atomic E-state index is -0.452. The zero-order chi connectivity index (χ0) is 17.8. The van der Waals surface area contributed by atoms with E-state index in [1.165, 1.54) is 13.2 Å². The first-order valence-electron chi connectivity index (χ1n) is 7.22. The molecule has 2 N–H and O–H groups in total. The van der Waals surface area contributed by atoms with Crippen LogP contribution in [0.2, 0.25) is 5.28 Å². The van der Waals surface area contributed by atoms with Gasteiger partial charge in [-0.2, -0.15) is 4.98 Å². The highest BCUT2D eigenvalue weighted by Gasteiger charge is 2.12. The Labute approximate surface area is 147 Å². The van der Waals surface area contributed by atoms with Crippen LogP contribution in [0.15, 0.2) is 30.5 Å². The number of rotatable bonds is 6. The van der Waals surface area contributed by atoms with Crippen LogP contribution in [0.25, 0.3) is 0 Å². The van der Waals surface area contributed by atoms with Gasteiger partial charge in [-0.05, 0) is 30.7 Å². The molecule has 130 valence electrons. The maximum Gasteiger partial charge on any atom is 0.234 e. The van der Waals surface area contributed by atoms with Crippen LogP contribution in [0.5, 0.6) is 11.8 Å². The molecule has 0 aliphatic heterocycles. The van der Waals surface area contributed by atoms with Crippen molar-refractivity contribution in [3.05, 3.63) is 47.3 Å². The Balaban J connectivity index is 1.75. The molecule has 0 fully saturated rings. The van der Waals surface area contributed by atoms with E-state index in [0.717, 1.165) is 6.20 Å². The molecule has 3 rings (SSSR count). The lowest BCUT2D eigenvalue weighted by molar-refractivity contribution is 0.212. The summed E-state index contributed by atoms with van der Waals surface area (Å²) >= 11 is 5.94. The number of hydrogen-bond donors (Lipinski definition) is 2. The number of ether oxygens (including phenoxy) is 2. The lowest BCUT2D eigenvalue weighted by atomic mass is 10.2. The Morgan fingerprint density at radius 2 is 2.08 bits per heavy atom. The minimum Gasteiger partial charge on any atom is -0.480 e. The number of aromatic amines is 1. The van der Waals surface area contributed by atoms with Crippen molar-refractivity contribution in [2.75, 3.05) is 12.4 Å². The first-order chi connectivity index (χ1) is 12.0. The number of methoxy groups -OCH3 is 1. The number of nitrogens with zero attached hydrogens (tertiary/aromatic N) is 4. The second-order valence-corrected chi connectivity index (χ2v) is 5.31. The fourth-order valence-electron chi connectivity index (χ4n) is 2.00. The van der Waals surface area contributed by atoms with E-state index in [1.54, 1.807) is 25.1 Å². The van der Waals surface area contributed by atoms with Gasteiger partial charge in [0.05, 0.1) is 19.0 Å². The number of pyridine rings is 1. The number of nitrogens with one attached hydrogen (secondary N) is 2. The van der Waals surface area contributed by atoms with E-state index in [0.29, 0.717) is 23.2 Å². The van der Waals surface area contributed by atoms with Crippen LogP contribution in [-0.4, -0.2) is 32.3 Å². The molecule has 0 saturated carbocycles. The van der Waals surface area contributed by atoms with E-state index in [9.17, 15) is 4.39 Å². The van der Waals surface area contributed by atoms with Gasteiger partial charge in [0.15, 0.2) is 0 Å². The predicted octanol–water partition coefficient (Wildman–Crippen LogP) is 3.28. The molecule has 0 saturated heterocycles. The SMILES string of the molecule is COc1cc(Nc2cc(OC(C)c3ccc(F)cn3)nc(Cl)n2)[nH]n1. The van der Waals surface area contributed by atoms with Gasteiger partial charge in [0.25, 0.3) is 0 Å². The Morgan fingerprint density at radius 1 is 1.24 bits per heavy atom. The number of aromatic nitrogens is 5. The molecule has 0 radical (unpaired) electrons. The van der Waals surface area contributed by atoms with Crippen molar-refractivity contribution in [1.29, 1.82) is 0 Å². The van der Waals surface area contributed by atoms with Crippen LogP contribution in [0.1, 0.15) is 18.7 Å². The summed E-state index contributed by atoms with van der Waals surface area (Å²) < 4.78 is 23.7. The Kier molecular flexibility index (Phi) is 4.94. The summed E-state index contributed by atoms with van der Waals surface area (Å²) in [5.74, 6) is 1.22.